The Kier molecular flexibility index (Phi) is 6.45. The molecule has 6 nitrogen and oxygen atoms in total. The van der Waals surface area contributed by atoms with Crippen molar-refractivity contribution in [2.75, 3.05) is 0 Å². The second-order valence-electron chi connectivity index (χ2n) is 11.0. The number of nitrogens with zero attached hydrogens (tertiary/aromatic N) is 6. The highest BCUT2D eigenvalue weighted by molar-refractivity contribution is 6.27. The van der Waals surface area contributed by atoms with Gasteiger partial charge in [-0.05, 0) is 63.3 Å². The van der Waals surface area contributed by atoms with E-state index in [-0.39, 0.29) is 0 Å². The molecule has 0 unspecified atom stereocenters. The molecule has 212 valence electrons. The van der Waals surface area contributed by atoms with Crippen molar-refractivity contribution in [1.82, 2.24) is 19.9 Å². The third-order valence-corrected chi connectivity index (χ3v) is 8.25. The number of fused-ring (bicyclic) bond motifs is 4. The molecule has 0 saturated carbocycles. The summed E-state index contributed by atoms with van der Waals surface area (Å²) in [5.74, 6) is 0. The SMILES string of the molecule is N#Cc1cncc(-c2cccc(-c3c4ccccc4c(-c4cccc(-c5cncc(C#N)c5)n4)c4c3ccc3ccccc34)n2)c1. The summed E-state index contributed by atoms with van der Waals surface area (Å²) in [4.78, 5) is 18.8. The highest BCUT2D eigenvalue weighted by Gasteiger charge is 2.20. The van der Waals surface area contributed by atoms with Gasteiger partial charge in [-0.15, -0.1) is 0 Å². The molecule has 46 heavy (non-hydrogen) atoms. The van der Waals surface area contributed by atoms with Crippen LogP contribution in [0.5, 0.6) is 0 Å². The molecule has 0 radical (unpaired) electrons. The van der Waals surface area contributed by atoms with Gasteiger partial charge in [-0.3, -0.25) is 9.97 Å². The van der Waals surface area contributed by atoms with Crippen LogP contribution in [0, 0.1) is 22.7 Å². The van der Waals surface area contributed by atoms with Crippen LogP contribution in [0.4, 0.5) is 0 Å². The van der Waals surface area contributed by atoms with Crippen molar-refractivity contribution >= 4 is 32.3 Å². The van der Waals surface area contributed by atoms with Crippen LogP contribution in [0.2, 0.25) is 0 Å². The van der Waals surface area contributed by atoms with Crippen molar-refractivity contribution < 1.29 is 0 Å². The lowest BCUT2D eigenvalue weighted by atomic mass is 9.86. The maximum atomic E-state index is 9.47. The van der Waals surface area contributed by atoms with Crippen molar-refractivity contribution in [1.29, 1.82) is 10.5 Å². The quantitative estimate of drug-likeness (QED) is 0.151. The first kappa shape index (κ1) is 26.8. The highest BCUT2D eigenvalue weighted by atomic mass is 14.7. The summed E-state index contributed by atoms with van der Waals surface area (Å²) in [5, 5.41) is 25.4. The van der Waals surface area contributed by atoms with Gasteiger partial charge in [0.2, 0.25) is 0 Å². The van der Waals surface area contributed by atoms with Gasteiger partial charge in [0, 0.05) is 52.4 Å². The van der Waals surface area contributed by atoms with Gasteiger partial charge >= 0.3 is 0 Å². The Morgan fingerprint density at radius 2 is 0.957 bits per heavy atom. The molecule has 0 aliphatic rings. The average Bonchev–Trinajstić information content (AvgIpc) is 3.13. The van der Waals surface area contributed by atoms with Crippen molar-refractivity contribution in [2.24, 2.45) is 0 Å². The number of pyridine rings is 4. The van der Waals surface area contributed by atoms with E-state index in [9.17, 15) is 10.5 Å². The van der Waals surface area contributed by atoms with E-state index >= 15 is 0 Å². The van der Waals surface area contributed by atoms with Crippen LogP contribution in [0.15, 0.2) is 134 Å². The molecule has 0 aliphatic heterocycles. The van der Waals surface area contributed by atoms with Gasteiger partial charge in [-0.2, -0.15) is 10.5 Å². The van der Waals surface area contributed by atoms with Gasteiger partial charge in [-0.1, -0.05) is 72.8 Å². The number of hydrogen-bond acceptors (Lipinski definition) is 6. The van der Waals surface area contributed by atoms with Gasteiger partial charge in [0.25, 0.3) is 0 Å². The van der Waals surface area contributed by atoms with Gasteiger partial charge in [0.15, 0.2) is 0 Å². The second kappa shape index (κ2) is 11.1. The Labute approximate surface area is 264 Å². The molecular weight excluding hydrogens is 564 g/mol. The van der Waals surface area contributed by atoms with Crippen molar-refractivity contribution in [2.45, 2.75) is 0 Å². The number of rotatable bonds is 4. The van der Waals surface area contributed by atoms with E-state index in [1.54, 1.807) is 24.8 Å². The van der Waals surface area contributed by atoms with E-state index in [1.807, 2.05) is 48.5 Å². The predicted molar refractivity (Wildman–Crippen MR) is 181 cm³/mol. The van der Waals surface area contributed by atoms with E-state index in [0.29, 0.717) is 11.1 Å². The molecule has 8 aromatic rings. The minimum atomic E-state index is 0.487. The first-order valence-corrected chi connectivity index (χ1v) is 14.7. The molecule has 0 saturated heterocycles. The normalized spacial score (nSPS) is 11.0. The third kappa shape index (κ3) is 4.50. The standard InChI is InChI=1S/C40H22N6/c41-19-25-17-28(23-43-21-25)34-11-5-13-36(45-34)38-31-9-3-4-10-32(31)40(39-30-8-2-1-7-27(30)15-16-33(38)39)37-14-6-12-35(46-37)29-18-26(20-42)22-44-24-29/h1-18,21-24H. The van der Waals surface area contributed by atoms with Crippen molar-refractivity contribution in [3.05, 3.63) is 145 Å². The summed E-state index contributed by atoms with van der Waals surface area (Å²) in [5.41, 5.74) is 7.72. The zero-order valence-corrected chi connectivity index (χ0v) is 24.4. The lowest BCUT2D eigenvalue weighted by molar-refractivity contribution is 1.27. The second-order valence-corrected chi connectivity index (χ2v) is 11.0. The Balaban J connectivity index is 1.45. The van der Waals surface area contributed by atoms with Crippen LogP contribution in [0.25, 0.3) is 77.3 Å². The molecule has 8 rings (SSSR count). The molecule has 0 spiro atoms. The molecule has 0 N–H and O–H groups in total. The average molecular weight is 587 g/mol. The Hall–Kier alpha value is -6.76. The zero-order valence-electron chi connectivity index (χ0n) is 24.4. The molecular formula is C40H22N6. The van der Waals surface area contributed by atoms with Crippen LogP contribution in [0.3, 0.4) is 0 Å². The first-order chi connectivity index (χ1) is 22.7. The summed E-state index contributed by atoms with van der Waals surface area (Å²) in [7, 11) is 0. The van der Waals surface area contributed by atoms with Gasteiger partial charge in [0.1, 0.15) is 12.1 Å². The topological polar surface area (TPSA) is 99.1 Å². The summed E-state index contributed by atoms with van der Waals surface area (Å²) < 4.78 is 0. The molecule has 4 heterocycles. The summed E-state index contributed by atoms with van der Waals surface area (Å²) >= 11 is 0. The summed E-state index contributed by atoms with van der Waals surface area (Å²) in [6.45, 7) is 0. The lowest BCUT2D eigenvalue weighted by Crippen LogP contribution is -1.96. The predicted octanol–water partition coefficient (Wildman–Crippen LogP) is 9.14. The van der Waals surface area contributed by atoms with Crippen LogP contribution in [-0.2, 0) is 0 Å². The molecule has 0 bridgehead atoms. The summed E-state index contributed by atoms with van der Waals surface area (Å²) in [6, 6.07) is 41.1. The lowest BCUT2D eigenvalue weighted by Gasteiger charge is -2.19. The number of aromatic nitrogens is 4. The fraction of sp³-hybridized carbons (Fsp3) is 0. The Bertz CT molecular complexity index is 2570. The largest absolute Gasteiger partial charge is 0.263 e. The molecule has 0 atom stereocenters. The third-order valence-electron chi connectivity index (χ3n) is 8.25. The van der Waals surface area contributed by atoms with Crippen LogP contribution in [-0.4, -0.2) is 19.9 Å². The molecule has 0 amide bonds. The number of hydrogen-bond donors (Lipinski definition) is 0. The van der Waals surface area contributed by atoms with Crippen LogP contribution < -0.4 is 0 Å². The number of benzene rings is 4. The van der Waals surface area contributed by atoms with Gasteiger partial charge in [0.05, 0.1) is 33.9 Å². The minimum absolute atomic E-state index is 0.487. The first-order valence-electron chi connectivity index (χ1n) is 14.7. The van der Waals surface area contributed by atoms with E-state index in [4.69, 9.17) is 9.97 Å². The fourth-order valence-corrected chi connectivity index (χ4v) is 6.24. The fourth-order valence-electron chi connectivity index (χ4n) is 6.24. The Morgan fingerprint density at radius 3 is 1.57 bits per heavy atom. The monoisotopic (exact) mass is 586 g/mol. The number of nitriles is 2. The maximum Gasteiger partial charge on any atom is 0.101 e. The van der Waals surface area contributed by atoms with Crippen LogP contribution >= 0.6 is 0 Å². The minimum Gasteiger partial charge on any atom is -0.263 e. The van der Waals surface area contributed by atoms with E-state index < -0.39 is 0 Å². The molecule has 4 aromatic heterocycles. The molecule has 0 aliphatic carbocycles. The highest BCUT2D eigenvalue weighted by Crippen LogP contribution is 2.45. The van der Waals surface area contributed by atoms with E-state index in [0.717, 1.165) is 77.3 Å². The van der Waals surface area contributed by atoms with E-state index in [1.165, 1.54) is 0 Å². The van der Waals surface area contributed by atoms with E-state index in [2.05, 4.69) is 82.8 Å². The van der Waals surface area contributed by atoms with Gasteiger partial charge < -0.3 is 0 Å². The molecule has 4 aromatic carbocycles. The summed E-state index contributed by atoms with van der Waals surface area (Å²) in [6.07, 6.45) is 6.58. The Morgan fingerprint density at radius 1 is 0.435 bits per heavy atom. The smallest absolute Gasteiger partial charge is 0.101 e. The van der Waals surface area contributed by atoms with Crippen LogP contribution in [0.1, 0.15) is 11.1 Å². The maximum absolute atomic E-state index is 9.47. The zero-order chi connectivity index (χ0) is 31.0. The van der Waals surface area contributed by atoms with Gasteiger partial charge in [-0.25, -0.2) is 9.97 Å². The molecule has 6 heteroatoms. The molecule has 0 fully saturated rings. The van der Waals surface area contributed by atoms with Crippen molar-refractivity contribution in [3.63, 3.8) is 0 Å². The van der Waals surface area contributed by atoms with Crippen molar-refractivity contribution in [3.8, 4) is 57.2 Å².